The third kappa shape index (κ3) is 5.59. The number of amides is 1. The fourth-order valence-corrected chi connectivity index (χ4v) is 3.18. The largest absolute Gasteiger partial charge is 0.494 e. The molecule has 1 N–H and O–H groups in total. The average molecular weight is 375 g/mol. The van der Waals surface area contributed by atoms with Crippen LogP contribution in [0.2, 0.25) is 0 Å². The fraction of sp³-hybridized carbons (Fsp3) is 0.350. The maximum Gasteiger partial charge on any atom is 0.230 e. The van der Waals surface area contributed by atoms with Crippen LogP contribution in [0.1, 0.15) is 25.5 Å². The Balaban J connectivity index is 1.88. The van der Waals surface area contributed by atoms with Gasteiger partial charge in [0.15, 0.2) is 11.5 Å². The van der Waals surface area contributed by atoms with E-state index in [0.717, 1.165) is 16.2 Å². The molecule has 1 atom stereocenters. The van der Waals surface area contributed by atoms with Gasteiger partial charge >= 0.3 is 0 Å². The first-order valence-corrected chi connectivity index (χ1v) is 9.42. The molecule has 26 heavy (non-hydrogen) atoms. The molecule has 0 aliphatic carbocycles. The SMILES string of the molecule is CCOc1ccc([C@@H](C)NC(=O)CSc2ccc(OC)c(OC)c2)cc1. The second-order valence-electron chi connectivity index (χ2n) is 5.60. The molecule has 0 fully saturated rings. The first-order chi connectivity index (χ1) is 12.6. The first-order valence-electron chi connectivity index (χ1n) is 8.44. The Morgan fingerprint density at radius 2 is 1.77 bits per heavy atom. The fourth-order valence-electron chi connectivity index (χ4n) is 2.44. The van der Waals surface area contributed by atoms with Gasteiger partial charge in [-0.3, -0.25) is 4.79 Å². The average Bonchev–Trinajstić information content (AvgIpc) is 2.66. The van der Waals surface area contributed by atoms with Crippen molar-refractivity contribution in [2.45, 2.75) is 24.8 Å². The van der Waals surface area contributed by atoms with E-state index in [0.29, 0.717) is 23.9 Å². The van der Waals surface area contributed by atoms with E-state index in [1.165, 1.54) is 11.8 Å². The van der Waals surface area contributed by atoms with Crippen LogP contribution in [0.15, 0.2) is 47.4 Å². The van der Waals surface area contributed by atoms with Crippen LogP contribution in [0.25, 0.3) is 0 Å². The van der Waals surface area contributed by atoms with Crippen LogP contribution in [-0.4, -0.2) is 32.5 Å². The lowest BCUT2D eigenvalue weighted by Gasteiger charge is -2.15. The van der Waals surface area contributed by atoms with Crippen molar-refractivity contribution >= 4 is 17.7 Å². The van der Waals surface area contributed by atoms with Crippen molar-refractivity contribution in [3.63, 3.8) is 0 Å². The lowest BCUT2D eigenvalue weighted by molar-refractivity contribution is -0.119. The zero-order chi connectivity index (χ0) is 18.9. The molecule has 0 saturated heterocycles. The molecule has 0 saturated carbocycles. The van der Waals surface area contributed by atoms with Crippen molar-refractivity contribution in [1.82, 2.24) is 5.32 Å². The highest BCUT2D eigenvalue weighted by molar-refractivity contribution is 8.00. The van der Waals surface area contributed by atoms with Crippen LogP contribution in [0.5, 0.6) is 17.2 Å². The number of hydrogen-bond acceptors (Lipinski definition) is 5. The second-order valence-corrected chi connectivity index (χ2v) is 6.65. The predicted octanol–water partition coefficient (Wildman–Crippen LogP) is 4.07. The van der Waals surface area contributed by atoms with Crippen molar-refractivity contribution in [3.05, 3.63) is 48.0 Å². The topological polar surface area (TPSA) is 56.8 Å². The lowest BCUT2D eigenvalue weighted by atomic mass is 10.1. The minimum atomic E-state index is -0.0656. The van der Waals surface area contributed by atoms with Crippen molar-refractivity contribution in [1.29, 1.82) is 0 Å². The van der Waals surface area contributed by atoms with E-state index >= 15 is 0 Å². The number of hydrogen-bond donors (Lipinski definition) is 1. The maximum atomic E-state index is 12.2. The van der Waals surface area contributed by atoms with Crippen LogP contribution in [0, 0.1) is 0 Å². The van der Waals surface area contributed by atoms with Crippen molar-refractivity contribution in [2.75, 3.05) is 26.6 Å². The molecule has 2 aromatic carbocycles. The Morgan fingerprint density at radius 1 is 1.08 bits per heavy atom. The Morgan fingerprint density at radius 3 is 2.38 bits per heavy atom. The number of carbonyl (C=O) groups excluding carboxylic acids is 1. The predicted molar refractivity (Wildman–Crippen MR) is 104 cm³/mol. The highest BCUT2D eigenvalue weighted by Crippen LogP contribution is 2.31. The molecule has 0 aromatic heterocycles. The molecular formula is C20H25NO4S. The monoisotopic (exact) mass is 375 g/mol. The van der Waals surface area contributed by atoms with Crippen LogP contribution in [0.4, 0.5) is 0 Å². The molecular weight excluding hydrogens is 350 g/mol. The summed E-state index contributed by atoms with van der Waals surface area (Å²) in [6.45, 7) is 4.56. The summed E-state index contributed by atoms with van der Waals surface area (Å²) in [4.78, 5) is 13.2. The molecule has 2 rings (SSSR count). The molecule has 0 heterocycles. The highest BCUT2D eigenvalue weighted by Gasteiger charge is 2.11. The Kier molecular flexibility index (Phi) is 7.66. The van der Waals surface area contributed by atoms with Gasteiger partial charge in [0.2, 0.25) is 5.91 Å². The Bertz CT molecular complexity index is 718. The zero-order valence-corrected chi connectivity index (χ0v) is 16.4. The Hall–Kier alpha value is -2.34. The van der Waals surface area contributed by atoms with Gasteiger partial charge in [0.05, 0.1) is 32.6 Å². The number of nitrogens with one attached hydrogen (secondary N) is 1. The molecule has 5 nitrogen and oxygen atoms in total. The summed E-state index contributed by atoms with van der Waals surface area (Å²) in [5.74, 6) is 2.47. The Labute approximate surface area is 159 Å². The highest BCUT2D eigenvalue weighted by atomic mass is 32.2. The summed E-state index contributed by atoms with van der Waals surface area (Å²) in [5.41, 5.74) is 1.04. The molecule has 1 amide bonds. The number of ether oxygens (including phenoxy) is 3. The molecule has 0 aliphatic heterocycles. The summed E-state index contributed by atoms with van der Waals surface area (Å²) < 4.78 is 15.9. The minimum absolute atomic E-state index is 0.0221. The molecule has 0 unspecified atom stereocenters. The molecule has 0 aliphatic rings. The smallest absolute Gasteiger partial charge is 0.230 e. The van der Waals surface area contributed by atoms with Crippen molar-refractivity contribution in [3.8, 4) is 17.2 Å². The summed E-state index contributed by atoms with van der Waals surface area (Å²) in [6, 6.07) is 13.3. The first kappa shape index (κ1) is 20.0. The van der Waals surface area contributed by atoms with Crippen LogP contribution in [0.3, 0.4) is 0 Å². The normalized spacial score (nSPS) is 11.5. The molecule has 0 radical (unpaired) electrons. The quantitative estimate of drug-likeness (QED) is 0.670. The number of rotatable bonds is 9. The standard InChI is InChI=1S/C20H25NO4S/c1-5-25-16-8-6-15(7-9-16)14(2)21-20(22)13-26-17-10-11-18(23-3)19(12-17)24-4/h6-12,14H,5,13H2,1-4H3,(H,21,22)/t14-/m1/s1. The van der Waals surface area contributed by atoms with Gasteiger partial charge in [-0.1, -0.05) is 12.1 Å². The van der Waals surface area contributed by atoms with Gasteiger partial charge < -0.3 is 19.5 Å². The van der Waals surface area contributed by atoms with Crippen molar-refractivity contribution < 1.29 is 19.0 Å². The van der Waals surface area contributed by atoms with Crippen molar-refractivity contribution in [2.24, 2.45) is 0 Å². The number of thioether (sulfide) groups is 1. The molecule has 2 aromatic rings. The van der Waals surface area contributed by atoms with Gasteiger partial charge in [-0.2, -0.15) is 0 Å². The minimum Gasteiger partial charge on any atom is -0.494 e. The van der Waals surface area contributed by atoms with Gasteiger partial charge in [-0.05, 0) is 49.7 Å². The van der Waals surface area contributed by atoms with E-state index in [1.807, 2.05) is 56.3 Å². The van der Waals surface area contributed by atoms with E-state index in [9.17, 15) is 4.79 Å². The number of methoxy groups -OCH3 is 2. The van der Waals surface area contributed by atoms with Gasteiger partial charge in [0, 0.05) is 4.90 Å². The van der Waals surface area contributed by atoms with E-state index in [4.69, 9.17) is 14.2 Å². The molecule has 0 spiro atoms. The van der Waals surface area contributed by atoms with Gasteiger partial charge in [0.1, 0.15) is 5.75 Å². The van der Waals surface area contributed by atoms with Crippen LogP contribution < -0.4 is 19.5 Å². The van der Waals surface area contributed by atoms with Crippen LogP contribution in [-0.2, 0) is 4.79 Å². The summed E-state index contributed by atoms with van der Waals surface area (Å²) in [7, 11) is 3.19. The van der Waals surface area contributed by atoms with Gasteiger partial charge in [-0.15, -0.1) is 11.8 Å². The molecule has 140 valence electrons. The number of benzene rings is 2. The van der Waals surface area contributed by atoms with Crippen LogP contribution >= 0.6 is 11.8 Å². The molecule has 6 heteroatoms. The van der Waals surface area contributed by atoms with E-state index in [-0.39, 0.29) is 11.9 Å². The van der Waals surface area contributed by atoms with Gasteiger partial charge in [0.25, 0.3) is 0 Å². The summed E-state index contributed by atoms with van der Waals surface area (Å²) >= 11 is 1.46. The summed E-state index contributed by atoms with van der Waals surface area (Å²) in [6.07, 6.45) is 0. The van der Waals surface area contributed by atoms with Gasteiger partial charge in [-0.25, -0.2) is 0 Å². The van der Waals surface area contributed by atoms with E-state index < -0.39 is 0 Å². The van der Waals surface area contributed by atoms with E-state index in [2.05, 4.69) is 5.32 Å². The second kappa shape index (κ2) is 9.97. The summed E-state index contributed by atoms with van der Waals surface area (Å²) in [5, 5.41) is 3.01. The third-order valence-electron chi connectivity index (χ3n) is 3.79. The van der Waals surface area contributed by atoms with E-state index in [1.54, 1.807) is 14.2 Å². The molecule has 0 bridgehead atoms. The zero-order valence-electron chi connectivity index (χ0n) is 15.6. The maximum absolute atomic E-state index is 12.2. The lowest BCUT2D eigenvalue weighted by Crippen LogP contribution is -2.28. The number of carbonyl (C=O) groups is 1. The third-order valence-corrected chi connectivity index (χ3v) is 4.79.